The minimum atomic E-state index is 0.131. The van der Waals surface area contributed by atoms with Gasteiger partial charge in [0.05, 0.1) is 15.7 Å². The second-order valence-electron chi connectivity index (χ2n) is 4.97. The molecule has 0 bridgehead atoms. The molecule has 2 aromatic carbocycles. The van der Waals surface area contributed by atoms with Crippen LogP contribution in [0.15, 0.2) is 34.8 Å². The van der Waals surface area contributed by atoms with Gasteiger partial charge in [-0.3, -0.25) is 0 Å². The van der Waals surface area contributed by atoms with Gasteiger partial charge in [-0.15, -0.1) is 0 Å². The van der Waals surface area contributed by atoms with Gasteiger partial charge < -0.3 is 5.32 Å². The maximum atomic E-state index is 6.26. The van der Waals surface area contributed by atoms with Crippen molar-refractivity contribution in [2.24, 2.45) is 0 Å². The second-order valence-corrected chi connectivity index (χ2v) is 6.70. The Bertz CT molecular complexity index is 617. The summed E-state index contributed by atoms with van der Waals surface area (Å²) in [6, 6.07) is 10.2. The summed E-state index contributed by atoms with van der Waals surface area (Å²) in [5.41, 5.74) is 4.51. The van der Waals surface area contributed by atoms with Crippen molar-refractivity contribution < 1.29 is 0 Å². The van der Waals surface area contributed by atoms with Crippen molar-refractivity contribution in [1.29, 1.82) is 0 Å². The third-order valence-electron chi connectivity index (χ3n) is 3.27. The molecule has 4 heteroatoms. The molecule has 0 spiro atoms. The van der Waals surface area contributed by atoms with E-state index in [4.69, 9.17) is 23.2 Å². The summed E-state index contributed by atoms with van der Waals surface area (Å²) in [5.74, 6) is 0. The number of anilines is 1. The summed E-state index contributed by atoms with van der Waals surface area (Å²) in [7, 11) is 0. The lowest BCUT2D eigenvalue weighted by Gasteiger charge is -2.20. The lowest BCUT2D eigenvalue weighted by atomic mass is 10.00. The zero-order valence-electron chi connectivity index (χ0n) is 11.6. The molecule has 0 aliphatic rings. The molecule has 2 aromatic rings. The van der Waals surface area contributed by atoms with Crippen molar-refractivity contribution in [3.05, 3.63) is 61.5 Å². The Morgan fingerprint density at radius 2 is 1.65 bits per heavy atom. The standard InChI is InChI=1S/C16H16BrCl2N/c1-9-4-5-10(2)13(6-9)11(3)20-16-14(18)7-12(17)8-15(16)19/h4-8,11,20H,1-3H3. The van der Waals surface area contributed by atoms with Gasteiger partial charge in [-0.25, -0.2) is 0 Å². The summed E-state index contributed by atoms with van der Waals surface area (Å²) in [5, 5.41) is 4.63. The third-order valence-corrected chi connectivity index (χ3v) is 4.32. The molecule has 0 heterocycles. The zero-order chi connectivity index (χ0) is 14.9. The lowest BCUT2D eigenvalue weighted by Crippen LogP contribution is -2.09. The van der Waals surface area contributed by atoms with Gasteiger partial charge in [0.15, 0.2) is 0 Å². The Morgan fingerprint density at radius 1 is 1.05 bits per heavy atom. The molecule has 0 radical (unpaired) electrons. The van der Waals surface area contributed by atoms with Gasteiger partial charge in [-0.2, -0.15) is 0 Å². The van der Waals surface area contributed by atoms with Crippen LogP contribution in [-0.4, -0.2) is 0 Å². The maximum Gasteiger partial charge on any atom is 0.0724 e. The van der Waals surface area contributed by atoms with Gasteiger partial charge in [0.25, 0.3) is 0 Å². The van der Waals surface area contributed by atoms with E-state index in [1.54, 1.807) is 0 Å². The average molecular weight is 373 g/mol. The highest BCUT2D eigenvalue weighted by Crippen LogP contribution is 2.36. The van der Waals surface area contributed by atoms with Crippen LogP contribution in [0.4, 0.5) is 5.69 Å². The first-order valence-electron chi connectivity index (χ1n) is 6.36. The van der Waals surface area contributed by atoms with Crippen molar-refractivity contribution in [3.8, 4) is 0 Å². The van der Waals surface area contributed by atoms with Gasteiger partial charge in [0.2, 0.25) is 0 Å². The van der Waals surface area contributed by atoms with Crippen LogP contribution >= 0.6 is 39.1 Å². The molecule has 1 unspecified atom stereocenters. The predicted octanol–water partition coefficient (Wildman–Crippen LogP) is 6.55. The van der Waals surface area contributed by atoms with E-state index >= 15 is 0 Å². The van der Waals surface area contributed by atoms with Crippen molar-refractivity contribution >= 4 is 44.8 Å². The Kier molecular flexibility index (Phi) is 5.00. The summed E-state index contributed by atoms with van der Waals surface area (Å²) in [6.45, 7) is 6.31. The van der Waals surface area contributed by atoms with Crippen LogP contribution in [0, 0.1) is 13.8 Å². The zero-order valence-corrected chi connectivity index (χ0v) is 14.7. The second kappa shape index (κ2) is 6.38. The fourth-order valence-electron chi connectivity index (χ4n) is 2.20. The number of aryl methyl sites for hydroxylation is 2. The predicted molar refractivity (Wildman–Crippen MR) is 92.1 cm³/mol. The number of rotatable bonds is 3. The molecule has 1 atom stereocenters. The van der Waals surface area contributed by atoms with Gasteiger partial charge in [-0.05, 0) is 44.0 Å². The molecule has 0 saturated carbocycles. The van der Waals surface area contributed by atoms with Crippen LogP contribution in [0.2, 0.25) is 10.0 Å². The number of halogens is 3. The molecule has 0 aliphatic carbocycles. The molecule has 0 saturated heterocycles. The van der Waals surface area contributed by atoms with Crippen LogP contribution in [0.5, 0.6) is 0 Å². The molecule has 20 heavy (non-hydrogen) atoms. The summed E-state index contributed by atoms with van der Waals surface area (Å²) >= 11 is 15.9. The molecule has 0 aliphatic heterocycles. The van der Waals surface area contributed by atoms with E-state index in [1.165, 1.54) is 16.7 Å². The highest BCUT2D eigenvalue weighted by atomic mass is 79.9. The van der Waals surface area contributed by atoms with Crippen molar-refractivity contribution in [1.82, 2.24) is 0 Å². The summed E-state index contributed by atoms with van der Waals surface area (Å²) < 4.78 is 0.873. The minimum Gasteiger partial charge on any atom is -0.376 e. The van der Waals surface area contributed by atoms with E-state index in [-0.39, 0.29) is 6.04 Å². The first kappa shape index (κ1) is 15.7. The van der Waals surface area contributed by atoms with E-state index in [0.29, 0.717) is 10.0 Å². The lowest BCUT2D eigenvalue weighted by molar-refractivity contribution is 0.872. The van der Waals surface area contributed by atoms with Gasteiger partial charge in [-0.1, -0.05) is 62.9 Å². The molecule has 0 aromatic heterocycles. The number of hydrogen-bond donors (Lipinski definition) is 1. The monoisotopic (exact) mass is 371 g/mol. The average Bonchev–Trinajstić information content (AvgIpc) is 2.36. The highest BCUT2D eigenvalue weighted by molar-refractivity contribution is 9.10. The molecule has 1 N–H and O–H groups in total. The highest BCUT2D eigenvalue weighted by Gasteiger charge is 2.13. The van der Waals surface area contributed by atoms with E-state index in [0.717, 1.165) is 10.2 Å². The number of nitrogens with one attached hydrogen (secondary N) is 1. The Morgan fingerprint density at radius 3 is 2.25 bits per heavy atom. The minimum absolute atomic E-state index is 0.131. The number of hydrogen-bond acceptors (Lipinski definition) is 1. The van der Waals surface area contributed by atoms with E-state index in [9.17, 15) is 0 Å². The quantitative estimate of drug-likeness (QED) is 0.644. The van der Waals surface area contributed by atoms with E-state index in [2.05, 4.69) is 60.2 Å². The molecule has 2 rings (SSSR count). The SMILES string of the molecule is Cc1ccc(C)c(C(C)Nc2c(Cl)cc(Br)cc2Cl)c1. The smallest absolute Gasteiger partial charge is 0.0724 e. The molecule has 1 nitrogen and oxygen atoms in total. The summed E-state index contributed by atoms with van der Waals surface area (Å²) in [6.07, 6.45) is 0. The van der Waals surface area contributed by atoms with Gasteiger partial charge in [0, 0.05) is 10.5 Å². The number of benzene rings is 2. The molecule has 0 fully saturated rings. The van der Waals surface area contributed by atoms with Gasteiger partial charge >= 0.3 is 0 Å². The van der Waals surface area contributed by atoms with Crippen LogP contribution in [0.25, 0.3) is 0 Å². The van der Waals surface area contributed by atoms with E-state index < -0.39 is 0 Å². The molecular formula is C16H16BrCl2N. The summed E-state index contributed by atoms with van der Waals surface area (Å²) in [4.78, 5) is 0. The molecular weight excluding hydrogens is 357 g/mol. The van der Waals surface area contributed by atoms with Crippen molar-refractivity contribution in [2.75, 3.05) is 5.32 Å². The molecule has 106 valence electrons. The largest absolute Gasteiger partial charge is 0.376 e. The Labute approximate surface area is 138 Å². The topological polar surface area (TPSA) is 12.0 Å². The fourth-order valence-corrected chi connectivity index (χ4v) is 3.52. The van der Waals surface area contributed by atoms with Crippen molar-refractivity contribution in [3.63, 3.8) is 0 Å². The fraction of sp³-hybridized carbons (Fsp3) is 0.250. The first-order valence-corrected chi connectivity index (χ1v) is 7.91. The Balaban J connectivity index is 2.32. The van der Waals surface area contributed by atoms with Crippen molar-refractivity contribution in [2.45, 2.75) is 26.8 Å². The van der Waals surface area contributed by atoms with Crippen LogP contribution in [0.1, 0.15) is 29.7 Å². The maximum absolute atomic E-state index is 6.26. The van der Waals surface area contributed by atoms with Crippen LogP contribution in [0.3, 0.4) is 0 Å². The van der Waals surface area contributed by atoms with E-state index in [1.807, 2.05) is 12.1 Å². The van der Waals surface area contributed by atoms with Crippen LogP contribution < -0.4 is 5.32 Å². The first-order chi connectivity index (χ1) is 9.38. The molecule has 0 amide bonds. The third kappa shape index (κ3) is 3.49. The van der Waals surface area contributed by atoms with Gasteiger partial charge in [0.1, 0.15) is 0 Å². The normalized spacial score (nSPS) is 12.3. The van der Waals surface area contributed by atoms with Crippen LogP contribution in [-0.2, 0) is 0 Å². The Hall–Kier alpha value is -0.700.